The summed E-state index contributed by atoms with van der Waals surface area (Å²) in [5.74, 6) is 0.718. The zero-order valence-electron chi connectivity index (χ0n) is 8.54. The van der Waals surface area contributed by atoms with Gasteiger partial charge in [-0.2, -0.15) is 0 Å². The number of amides is 1. The molecule has 0 fully saturated rings. The second kappa shape index (κ2) is 5.27. The molecular weight excluding hydrogens is 178 g/mol. The van der Waals surface area contributed by atoms with Crippen molar-refractivity contribution < 1.29 is 9.53 Å². The number of rotatable bonds is 4. The van der Waals surface area contributed by atoms with Crippen LogP contribution in [0.1, 0.15) is 20.3 Å². The quantitative estimate of drug-likeness (QED) is 0.797. The van der Waals surface area contributed by atoms with Crippen LogP contribution in [0.4, 0.5) is 5.69 Å². The Hall–Kier alpha value is -1.51. The Kier molecular flexibility index (Phi) is 3.98. The maximum absolute atomic E-state index is 10.8. The fourth-order valence-electron chi connectivity index (χ4n) is 1.09. The molecule has 0 unspecified atom stereocenters. The van der Waals surface area contributed by atoms with Crippen LogP contribution in [-0.2, 0) is 4.79 Å². The number of hydrogen-bond acceptors (Lipinski definition) is 2. The molecular formula is C11H15NO2. The molecule has 1 amide bonds. The van der Waals surface area contributed by atoms with Gasteiger partial charge in [-0.15, -0.1) is 0 Å². The van der Waals surface area contributed by atoms with Gasteiger partial charge < -0.3 is 10.1 Å². The van der Waals surface area contributed by atoms with Gasteiger partial charge in [0.1, 0.15) is 5.75 Å². The molecule has 76 valence electrons. The molecule has 1 rings (SSSR count). The van der Waals surface area contributed by atoms with Gasteiger partial charge in [-0.25, -0.2) is 0 Å². The molecule has 0 aliphatic heterocycles. The predicted octanol–water partition coefficient (Wildman–Crippen LogP) is 2.43. The van der Waals surface area contributed by atoms with Crippen LogP contribution >= 0.6 is 0 Å². The molecule has 0 spiro atoms. The summed E-state index contributed by atoms with van der Waals surface area (Å²) in [5.41, 5.74) is 0.770. The first-order valence-electron chi connectivity index (χ1n) is 4.73. The summed E-state index contributed by atoms with van der Waals surface area (Å²) in [7, 11) is 0. The number of carbonyl (C=O) groups is 1. The van der Waals surface area contributed by atoms with Gasteiger partial charge in [-0.1, -0.05) is 13.0 Å². The van der Waals surface area contributed by atoms with Gasteiger partial charge in [0.25, 0.3) is 0 Å². The summed E-state index contributed by atoms with van der Waals surface area (Å²) in [5, 5.41) is 2.70. The third-order valence-electron chi connectivity index (χ3n) is 1.63. The van der Waals surface area contributed by atoms with Crippen LogP contribution in [-0.4, -0.2) is 12.5 Å². The highest BCUT2D eigenvalue weighted by Crippen LogP contribution is 2.17. The zero-order chi connectivity index (χ0) is 10.4. The summed E-state index contributed by atoms with van der Waals surface area (Å²) in [6.45, 7) is 4.24. The number of carbonyl (C=O) groups excluding carboxylic acids is 1. The first kappa shape index (κ1) is 10.6. The maximum atomic E-state index is 10.8. The van der Waals surface area contributed by atoms with Gasteiger partial charge in [0.2, 0.25) is 5.91 Å². The summed E-state index contributed by atoms with van der Waals surface area (Å²) >= 11 is 0. The molecule has 0 saturated carbocycles. The van der Waals surface area contributed by atoms with Crippen molar-refractivity contribution in [1.82, 2.24) is 0 Å². The number of benzene rings is 1. The first-order chi connectivity index (χ1) is 6.72. The average molecular weight is 193 g/mol. The highest BCUT2D eigenvalue weighted by atomic mass is 16.5. The summed E-state index contributed by atoms with van der Waals surface area (Å²) < 4.78 is 5.43. The van der Waals surface area contributed by atoms with Crippen molar-refractivity contribution >= 4 is 11.6 Å². The molecule has 3 heteroatoms. The van der Waals surface area contributed by atoms with Crippen molar-refractivity contribution in [3.8, 4) is 5.75 Å². The van der Waals surface area contributed by atoms with E-state index in [1.54, 1.807) is 0 Å². The van der Waals surface area contributed by atoms with E-state index < -0.39 is 0 Å². The van der Waals surface area contributed by atoms with Crippen molar-refractivity contribution in [2.24, 2.45) is 0 Å². The lowest BCUT2D eigenvalue weighted by Gasteiger charge is -2.06. The molecule has 14 heavy (non-hydrogen) atoms. The lowest BCUT2D eigenvalue weighted by molar-refractivity contribution is -0.114. The molecule has 0 aliphatic carbocycles. The normalized spacial score (nSPS) is 9.57. The molecule has 1 N–H and O–H groups in total. The molecule has 0 saturated heterocycles. The monoisotopic (exact) mass is 193 g/mol. The minimum Gasteiger partial charge on any atom is -0.494 e. The van der Waals surface area contributed by atoms with E-state index in [0.717, 1.165) is 17.9 Å². The van der Waals surface area contributed by atoms with Crippen LogP contribution in [0, 0.1) is 0 Å². The SMILES string of the molecule is CCCOc1cccc(NC(C)=O)c1. The Morgan fingerprint density at radius 3 is 2.93 bits per heavy atom. The molecule has 0 radical (unpaired) electrons. The van der Waals surface area contributed by atoms with E-state index in [2.05, 4.69) is 12.2 Å². The first-order valence-corrected chi connectivity index (χ1v) is 4.73. The Morgan fingerprint density at radius 1 is 1.50 bits per heavy atom. The second-order valence-electron chi connectivity index (χ2n) is 3.06. The van der Waals surface area contributed by atoms with Crippen molar-refractivity contribution in [3.63, 3.8) is 0 Å². The van der Waals surface area contributed by atoms with Crippen LogP contribution in [0.15, 0.2) is 24.3 Å². The van der Waals surface area contributed by atoms with Gasteiger partial charge in [0.05, 0.1) is 6.61 Å². The largest absolute Gasteiger partial charge is 0.494 e. The fourth-order valence-corrected chi connectivity index (χ4v) is 1.09. The maximum Gasteiger partial charge on any atom is 0.221 e. The lowest BCUT2D eigenvalue weighted by Crippen LogP contribution is -2.05. The van der Waals surface area contributed by atoms with Crippen molar-refractivity contribution in [1.29, 1.82) is 0 Å². The molecule has 0 heterocycles. The van der Waals surface area contributed by atoms with Crippen molar-refractivity contribution in [2.45, 2.75) is 20.3 Å². The minimum atomic E-state index is -0.0716. The van der Waals surface area contributed by atoms with Crippen molar-refractivity contribution in [2.75, 3.05) is 11.9 Å². The molecule has 1 aromatic rings. The van der Waals surface area contributed by atoms with Gasteiger partial charge in [0.15, 0.2) is 0 Å². The third-order valence-corrected chi connectivity index (χ3v) is 1.63. The van der Waals surface area contributed by atoms with Gasteiger partial charge in [-0.05, 0) is 18.6 Å². The summed E-state index contributed by atoms with van der Waals surface area (Å²) in [6.07, 6.45) is 0.977. The minimum absolute atomic E-state index is 0.0716. The third kappa shape index (κ3) is 3.47. The van der Waals surface area contributed by atoms with E-state index in [0.29, 0.717) is 6.61 Å². The van der Waals surface area contributed by atoms with Gasteiger partial charge in [0, 0.05) is 18.7 Å². The summed E-state index contributed by atoms with van der Waals surface area (Å²) in [4.78, 5) is 10.8. The smallest absolute Gasteiger partial charge is 0.221 e. The molecule has 0 bridgehead atoms. The topological polar surface area (TPSA) is 38.3 Å². The number of nitrogens with one attached hydrogen (secondary N) is 1. The zero-order valence-corrected chi connectivity index (χ0v) is 8.54. The standard InChI is InChI=1S/C11H15NO2/c1-3-7-14-11-6-4-5-10(8-11)12-9(2)13/h4-6,8H,3,7H2,1-2H3,(H,12,13). The van der Waals surface area contributed by atoms with E-state index in [-0.39, 0.29) is 5.91 Å². The van der Waals surface area contributed by atoms with E-state index in [1.165, 1.54) is 6.92 Å². The van der Waals surface area contributed by atoms with Crippen LogP contribution in [0.3, 0.4) is 0 Å². The number of ether oxygens (including phenoxy) is 1. The Morgan fingerprint density at radius 2 is 2.29 bits per heavy atom. The molecule has 0 aromatic heterocycles. The molecule has 3 nitrogen and oxygen atoms in total. The predicted molar refractivity (Wildman–Crippen MR) is 56.5 cm³/mol. The van der Waals surface area contributed by atoms with E-state index in [9.17, 15) is 4.79 Å². The lowest BCUT2D eigenvalue weighted by atomic mass is 10.3. The van der Waals surface area contributed by atoms with Gasteiger partial charge >= 0.3 is 0 Å². The van der Waals surface area contributed by atoms with Crippen molar-refractivity contribution in [3.05, 3.63) is 24.3 Å². The van der Waals surface area contributed by atoms with E-state index >= 15 is 0 Å². The fraction of sp³-hybridized carbons (Fsp3) is 0.364. The van der Waals surface area contributed by atoms with Gasteiger partial charge in [-0.3, -0.25) is 4.79 Å². The summed E-state index contributed by atoms with van der Waals surface area (Å²) in [6, 6.07) is 7.38. The Bertz CT molecular complexity index is 310. The van der Waals surface area contributed by atoms with E-state index in [4.69, 9.17) is 4.74 Å². The van der Waals surface area contributed by atoms with Crippen LogP contribution < -0.4 is 10.1 Å². The molecule has 1 aromatic carbocycles. The van der Waals surface area contributed by atoms with Crippen LogP contribution in [0.2, 0.25) is 0 Å². The molecule has 0 atom stereocenters. The second-order valence-corrected chi connectivity index (χ2v) is 3.06. The highest BCUT2D eigenvalue weighted by molar-refractivity contribution is 5.88. The van der Waals surface area contributed by atoms with Crippen LogP contribution in [0.5, 0.6) is 5.75 Å². The van der Waals surface area contributed by atoms with E-state index in [1.807, 2.05) is 24.3 Å². The molecule has 0 aliphatic rings. The highest BCUT2D eigenvalue weighted by Gasteiger charge is 1.97. The average Bonchev–Trinajstić information content (AvgIpc) is 2.14. The van der Waals surface area contributed by atoms with Crippen LogP contribution in [0.25, 0.3) is 0 Å². The Labute approximate surface area is 84.1 Å². The number of anilines is 1. The number of hydrogen-bond donors (Lipinski definition) is 1. The Balaban J connectivity index is 2.63.